The Balaban J connectivity index is 0.000000791. The van der Waals surface area contributed by atoms with Gasteiger partial charge in [0.15, 0.2) is 0 Å². The van der Waals surface area contributed by atoms with Crippen LogP contribution in [0.2, 0.25) is 5.02 Å². The Morgan fingerprint density at radius 2 is 2.07 bits per heavy atom. The number of hydrogen-bond acceptors (Lipinski definition) is 3. The number of nitrogen functional groups attached to an aromatic ring is 1. The number of nitrogens with two attached hydrogens (primary N) is 1. The van der Waals surface area contributed by atoms with E-state index in [1.165, 1.54) is 6.92 Å². The predicted molar refractivity (Wildman–Crippen MR) is 58.3 cm³/mol. The van der Waals surface area contributed by atoms with Crippen LogP contribution in [-0.4, -0.2) is 18.1 Å². The highest BCUT2D eigenvalue weighted by atomic mass is 35.5. The van der Waals surface area contributed by atoms with E-state index in [1.807, 2.05) is 0 Å². The molecule has 1 aromatic carbocycles. The van der Waals surface area contributed by atoms with Crippen molar-refractivity contribution in [3.8, 4) is 0 Å². The number of carbonyl (C=O) groups is 1. The fraction of sp³-hybridized carbons (Fsp3) is 0.222. The number of carbonyl (C=O) groups excluding carboxylic acids is 1. The number of rotatable bonds is 1. The Morgan fingerprint density at radius 1 is 1.50 bits per heavy atom. The lowest BCUT2D eigenvalue weighted by Crippen LogP contribution is -2.05. The van der Waals surface area contributed by atoms with Crippen molar-refractivity contribution >= 4 is 28.9 Å². The number of benzene rings is 1. The highest BCUT2D eigenvalue weighted by Crippen LogP contribution is 2.22. The Morgan fingerprint density at radius 3 is 2.50 bits per heavy atom. The zero-order chi connectivity index (χ0) is 11.1. The summed E-state index contributed by atoms with van der Waals surface area (Å²) in [6.45, 7) is 1.43. The van der Waals surface area contributed by atoms with Crippen LogP contribution in [0.4, 0.5) is 11.4 Å². The fourth-order valence-corrected chi connectivity index (χ4v) is 0.989. The zero-order valence-electron chi connectivity index (χ0n) is 8.04. The second kappa shape index (κ2) is 6.23. The van der Waals surface area contributed by atoms with Crippen molar-refractivity contribution < 1.29 is 9.90 Å². The number of aliphatic hydroxyl groups excluding tert-OH is 1. The lowest BCUT2D eigenvalue weighted by Gasteiger charge is -2.03. The van der Waals surface area contributed by atoms with E-state index in [9.17, 15) is 4.79 Å². The van der Waals surface area contributed by atoms with Crippen LogP contribution in [0.5, 0.6) is 0 Å². The van der Waals surface area contributed by atoms with Crippen LogP contribution >= 0.6 is 11.6 Å². The van der Waals surface area contributed by atoms with Gasteiger partial charge in [-0.3, -0.25) is 4.79 Å². The lowest BCUT2D eigenvalue weighted by atomic mass is 10.3. The maximum Gasteiger partial charge on any atom is 0.221 e. The fourth-order valence-electron chi connectivity index (χ4n) is 0.808. The van der Waals surface area contributed by atoms with Crippen molar-refractivity contribution in [3.63, 3.8) is 0 Å². The molecule has 0 unspecified atom stereocenters. The van der Waals surface area contributed by atoms with E-state index in [2.05, 4.69) is 5.32 Å². The molecule has 0 aliphatic heterocycles. The van der Waals surface area contributed by atoms with Gasteiger partial charge < -0.3 is 16.2 Å². The number of hydrogen-bond donors (Lipinski definition) is 3. The maximum absolute atomic E-state index is 10.6. The van der Waals surface area contributed by atoms with E-state index in [4.69, 9.17) is 22.4 Å². The number of halogens is 1. The summed E-state index contributed by atoms with van der Waals surface area (Å²) in [6, 6.07) is 4.95. The highest BCUT2D eigenvalue weighted by Gasteiger charge is 1.98. The summed E-state index contributed by atoms with van der Waals surface area (Å²) in [5, 5.41) is 10.0. The first kappa shape index (κ1) is 12.7. The van der Waals surface area contributed by atoms with Gasteiger partial charge in [-0.25, -0.2) is 0 Å². The predicted octanol–water partition coefficient (Wildman–Crippen LogP) is 1.49. The van der Waals surface area contributed by atoms with Crippen molar-refractivity contribution in [2.75, 3.05) is 18.2 Å². The minimum Gasteiger partial charge on any atom is -0.400 e. The van der Waals surface area contributed by atoms with E-state index in [1.54, 1.807) is 18.2 Å². The monoisotopic (exact) mass is 216 g/mol. The van der Waals surface area contributed by atoms with Crippen molar-refractivity contribution in [2.24, 2.45) is 0 Å². The van der Waals surface area contributed by atoms with Crippen LogP contribution in [0.3, 0.4) is 0 Å². The largest absolute Gasteiger partial charge is 0.400 e. The number of anilines is 2. The lowest BCUT2D eigenvalue weighted by molar-refractivity contribution is -0.114. The molecular formula is C9H13ClN2O2. The molecule has 78 valence electrons. The molecule has 0 aliphatic rings. The van der Waals surface area contributed by atoms with Crippen LogP contribution in [0.25, 0.3) is 0 Å². The third-order valence-corrected chi connectivity index (χ3v) is 1.65. The Labute approximate surface area is 87.7 Å². The Kier molecular flexibility index (Phi) is 5.67. The average molecular weight is 217 g/mol. The SMILES string of the molecule is CC(=O)Nc1ccc(N)c(Cl)c1.CO. The summed E-state index contributed by atoms with van der Waals surface area (Å²) in [6.07, 6.45) is 0. The third kappa shape index (κ3) is 4.11. The molecular weight excluding hydrogens is 204 g/mol. The number of aliphatic hydroxyl groups is 1. The van der Waals surface area contributed by atoms with Gasteiger partial charge >= 0.3 is 0 Å². The van der Waals surface area contributed by atoms with Crippen LogP contribution < -0.4 is 11.1 Å². The standard InChI is InChI=1S/C8H9ClN2O.CH4O/c1-5(12)11-6-2-3-8(10)7(9)4-6;1-2/h2-4H,10H2,1H3,(H,11,12);2H,1H3. The van der Waals surface area contributed by atoms with E-state index >= 15 is 0 Å². The topological polar surface area (TPSA) is 75.4 Å². The van der Waals surface area contributed by atoms with Gasteiger partial charge in [0.25, 0.3) is 0 Å². The Bertz CT molecular complexity index is 316. The average Bonchev–Trinajstić information content (AvgIpc) is 2.14. The van der Waals surface area contributed by atoms with Gasteiger partial charge in [0.1, 0.15) is 0 Å². The highest BCUT2D eigenvalue weighted by molar-refractivity contribution is 6.33. The first-order valence-electron chi connectivity index (χ1n) is 3.87. The van der Waals surface area contributed by atoms with Gasteiger partial charge in [-0.15, -0.1) is 0 Å². The normalized spacial score (nSPS) is 8.57. The molecule has 0 aliphatic carbocycles. The molecule has 0 heterocycles. The van der Waals surface area contributed by atoms with Crippen molar-refractivity contribution in [1.29, 1.82) is 0 Å². The van der Waals surface area contributed by atoms with Gasteiger partial charge in [0.2, 0.25) is 5.91 Å². The molecule has 0 fully saturated rings. The molecule has 0 atom stereocenters. The van der Waals surface area contributed by atoms with Crippen molar-refractivity contribution in [2.45, 2.75) is 6.92 Å². The van der Waals surface area contributed by atoms with Crippen LogP contribution in [0.15, 0.2) is 18.2 Å². The minimum atomic E-state index is -0.129. The maximum atomic E-state index is 10.6. The smallest absolute Gasteiger partial charge is 0.221 e. The quantitative estimate of drug-likeness (QED) is 0.623. The molecule has 0 radical (unpaired) electrons. The second-order valence-electron chi connectivity index (χ2n) is 2.42. The van der Waals surface area contributed by atoms with Crippen molar-refractivity contribution in [3.05, 3.63) is 23.2 Å². The molecule has 0 saturated carbocycles. The molecule has 5 heteroatoms. The van der Waals surface area contributed by atoms with Gasteiger partial charge in [-0.05, 0) is 18.2 Å². The minimum absolute atomic E-state index is 0.129. The molecule has 0 bridgehead atoms. The van der Waals surface area contributed by atoms with E-state index < -0.39 is 0 Å². The molecule has 1 aromatic rings. The summed E-state index contributed by atoms with van der Waals surface area (Å²) in [4.78, 5) is 10.6. The second-order valence-corrected chi connectivity index (χ2v) is 2.82. The van der Waals surface area contributed by atoms with Crippen molar-refractivity contribution in [1.82, 2.24) is 0 Å². The van der Waals surface area contributed by atoms with Gasteiger partial charge in [0.05, 0.1) is 10.7 Å². The molecule has 0 spiro atoms. The molecule has 0 saturated heterocycles. The summed E-state index contributed by atoms with van der Waals surface area (Å²) in [7, 11) is 1.00. The van der Waals surface area contributed by atoms with Gasteiger partial charge in [-0.2, -0.15) is 0 Å². The molecule has 1 rings (SSSR count). The molecule has 14 heavy (non-hydrogen) atoms. The zero-order valence-corrected chi connectivity index (χ0v) is 8.80. The first-order chi connectivity index (χ1) is 6.59. The van der Waals surface area contributed by atoms with Gasteiger partial charge in [-0.1, -0.05) is 11.6 Å². The third-order valence-electron chi connectivity index (χ3n) is 1.32. The number of nitrogens with one attached hydrogen (secondary N) is 1. The van der Waals surface area contributed by atoms with Gasteiger partial charge in [0, 0.05) is 19.7 Å². The van der Waals surface area contributed by atoms with E-state index in [-0.39, 0.29) is 5.91 Å². The molecule has 4 nitrogen and oxygen atoms in total. The first-order valence-corrected chi connectivity index (χ1v) is 4.24. The molecule has 4 N–H and O–H groups in total. The molecule has 1 amide bonds. The number of amides is 1. The van der Waals surface area contributed by atoms with E-state index in [0.717, 1.165) is 7.11 Å². The van der Waals surface area contributed by atoms with Crippen LogP contribution in [0, 0.1) is 0 Å². The summed E-state index contributed by atoms with van der Waals surface area (Å²) >= 11 is 5.72. The summed E-state index contributed by atoms with van der Waals surface area (Å²) in [5.41, 5.74) is 6.63. The van der Waals surface area contributed by atoms with Crippen LogP contribution in [-0.2, 0) is 4.79 Å². The summed E-state index contributed by atoms with van der Waals surface area (Å²) in [5.74, 6) is -0.129. The summed E-state index contributed by atoms with van der Waals surface area (Å²) < 4.78 is 0. The Hall–Kier alpha value is -1.26. The molecule has 0 aromatic heterocycles. The van der Waals surface area contributed by atoms with E-state index in [0.29, 0.717) is 16.4 Å². The van der Waals surface area contributed by atoms with Crippen LogP contribution in [0.1, 0.15) is 6.92 Å².